The Balaban J connectivity index is 2.37. The lowest BCUT2D eigenvalue weighted by Crippen LogP contribution is -2.60. The van der Waals surface area contributed by atoms with Crippen molar-refractivity contribution < 1.29 is 39.8 Å². The summed E-state index contributed by atoms with van der Waals surface area (Å²) in [4.78, 5) is 12.9. The fourth-order valence-electron chi connectivity index (χ4n) is 6.45. The van der Waals surface area contributed by atoms with E-state index in [4.69, 9.17) is 9.47 Å². The van der Waals surface area contributed by atoms with Crippen LogP contribution in [0.3, 0.4) is 0 Å². The Morgan fingerprint density at radius 1 is 0.638 bits per heavy atom. The van der Waals surface area contributed by atoms with E-state index in [9.17, 15) is 30.3 Å². The average molecular weight is 674 g/mol. The van der Waals surface area contributed by atoms with Crippen molar-refractivity contribution in [2.75, 3.05) is 13.2 Å². The highest BCUT2D eigenvalue weighted by Gasteiger charge is 2.44. The monoisotopic (exact) mass is 674 g/mol. The molecule has 0 bridgehead atoms. The lowest BCUT2D eigenvalue weighted by Gasteiger charge is -2.40. The molecule has 1 saturated heterocycles. The summed E-state index contributed by atoms with van der Waals surface area (Å²) in [5.41, 5.74) is 0. The van der Waals surface area contributed by atoms with E-state index in [0.717, 1.165) is 38.5 Å². The third kappa shape index (κ3) is 21.8. The van der Waals surface area contributed by atoms with Crippen molar-refractivity contribution in [1.29, 1.82) is 0 Å². The minimum atomic E-state index is -1.55. The second kappa shape index (κ2) is 30.1. The van der Waals surface area contributed by atoms with Crippen LogP contribution in [0.1, 0.15) is 181 Å². The van der Waals surface area contributed by atoms with E-state index in [0.29, 0.717) is 12.8 Å². The van der Waals surface area contributed by atoms with E-state index >= 15 is 0 Å². The number of ether oxygens (including phenoxy) is 2. The third-order valence-corrected chi connectivity index (χ3v) is 9.71. The van der Waals surface area contributed by atoms with Crippen LogP contribution >= 0.6 is 0 Å². The van der Waals surface area contributed by atoms with Crippen molar-refractivity contribution in [3.63, 3.8) is 0 Å². The van der Waals surface area contributed by atoms with Crippen LogP contribution in [0.25, 0.3) is 0 Å². The van der Waals surface area contributed by atoms with Gasteiger partial charge in [0.2, 0.25) is 5.91 Å². The number of aliphatic hydroxyl groups is 5. The van der Waals surface area contributed by atoms with Gasteiger partial charge in [-0.1, -0.05) is 162 Å². The van der Waals surface area contributed by atoms with Crippen LogP contribution in [0.5, 0.6) is 0 Å². The van der Waals surface area contributed by atoms with Crippen molar-refractivity contribution in [3.8, 4) is 0 Å². The highest BCUT2D eigenvalue weighted by atomic mass is 16.7. The first-order valence-electron chi connectivity index (χ1n) is 19.7. The molecule has 7 atom stereocenters. The predicted molar refractivity (Wildman–Crippen MR) is 189 cm³/mol. The van der Waals surface area contributed by atoms with Gasteiger partial charge in [0.05, 0.1) is 25.4 Å². The number of hydrogen-bond donors (Lipinski definition) is 6. The Bertz CT molecular complexity index is 711. The summed E-state index contributed by atoms with van der Waals surface area (Å²) in [5, 5.41) is 54.0. The number of hydrogen-bond acceptors (Lipinski definition) is 8. The molecule has 1 rings (SSSR count). The molecule has 1 aliphatic rings. The predicted octanol–water partition coefficient (Wildman–Crippen LogP) is 6.83. The molecule has 1 amide bonds. The fourth-order valence-corrected chi connectivity index (χ4v) is 6.45. The van der Waals surface area contributed by atoms with Crippen LogP contribution in [0.2, 0.25) is 0 Å². The van der Waals surface area contributed by atoms with Crippen LogP contribution < -0.4 is 5.32 Å². The van der Waals surface area contributed by atoms with Gasteiger partial charge in [-0.25, -0.2) is 0 Å². The maximum Gasteiger partial charge on any atom is 0.220 e. The van der Waals surface area contributed by atoms with Gasteiger partial charge < -0.3 is 40.3 Å². The third-order valence-electron chi connectivity index (χ3n) is 9.71. The topological polar surface area (TPSA) is 149 Å². The lowest BCUT2D eigenvalue weighted by atomic mass is 9.99. The highest BCUT2D eigenvalue weighted by Crippen LogP contribution is 2.23. The Hall–Kier alpha value is -0.810. The molecule has 1 heterocycles. The molecule has 0 aromatic carbocycles. The van der Waals surface area contributed by atoms with Crippen LogP contribution in [0.15, 0.2) is 0 Å². The van der Waals surface area contributed by atoms with E-state index in [1.807, 2.05) is 0 Å². The van der Waals surface area contributed by atoms with E-state index in [2.05, 4.69) is 19.2 Å². The first kappa shape index (κ1) is 44.2. The maximum absolute atomic E-state index is 12.9. The molecule has 0 aromatic rings. The largest absolute Gasteiger partial charge is 0.394 e. The van der Waals surface area contributed by atoms with E-state index in [1.165, 1.54) is 116 Å². The second-order valence-electron chi connectivity index (χ2n) is 14.1. The van der Waals surface area contributed by atoms with E-state index < -0.39 is 49.5 Å². The molecule has 1 fully saturated rings. The molecule has 6 N–H and O–H groups in total. The minimum absolute atomic E-state index is 0.133. The summed E-state index contributed by atoms with van der Waals surface area (Å²) in [6.45, 7) is 3.80. The first-order valence-corrected chi connectivity index (χ1v) is 19.7. The van der Waals surface area contributed by atoms with Crippen LogP contribution in [-0.2, 0) is 14.3 Å². The number of amides is 1. The smallest absolute Gasteiger partial charge is 0.220 e. The highest BCUT2D eigenvalue weighted by molar-refractivity contribution is 5.76. The van der Waals surface area contributed by atoms with Gasteiger partial charge in [-0.2, -0.15) is 0 Å². The first-order chi connectivity index (χ1) is 22.8. The average Bonchev–Trinajstić information content (AvgIpc) is 3.07. The molecular formula is C38H75NO8. The molecule has 0 saturated carbocycles. The van der Waals surface area contributed by atoms with Gasteiger partial charge in [0, 0.05) is 6.42 Å². The molecule has 2 unspecified atom stereocenters. The zero-order valence-corrected chi connectivity index (χ0v) is 30.3. The van der Waals surface area contributed by atoms with Gasteiger partial charge in [0.15, 0.2) is 6.29 Å². The molecule has 0 aliphatic carbocycles. The van der Waals surface area contributed by atoms with Gasteiger partial charge in [-0.15, -0.1) is 0 Å². The zero-order chi connectivity index (χ0) is 34.5. The SMILES string of the molecule is CCCCCCCCCCCCCCCCCC(=O)N[C@@H](CO[C@@H]1O[C@H](CO)[C@@H](O)C(O)C1O)[C@H](O)CCCCCCCCCCC. The summed E-state index contributed by atoms with van der Waals surface area (Å²) in [7, 11) is 0. The van der Waals surface area contributed by atoms with E-state index in [-0.39, 0.29) is 12.5 Å². The molecule has 0 spiro atoms. The minimum Gasteiger partial charge on any atom is -0.394 e. The van der Waals surface area contributed by atoms with Crippen molar-refractivity contribution in [2.45, 2.75) is 224 Å². The summed E-state index contributed by atoms with van der Waals surface area (Å²) in [6.07, 6.45) is 22.6. The van der Waals surface area contributed by atoms with E-state index in [1.54, 1.807) is 0 Å². The van der Waals surface area contributed by atoms with Crippen molar-refractivity contribution >= 4 is 5.91 Å². The molecule has 280 valence electrons. The van der Waals surface area contributed by atoms with Crippen molar-refractivity contribution in [2.24, 2.45) is 0 Å². The maximum atomic E-state index is 12.9. The Kier molecular flexibility index (Phi) is 28.3. The van der Waals surface area contributed by atoms with Crippen molar-refractivity contribution in [1.82, 2.24) is 5.32 Å². The van der Waals surface area contributed by atoms with Gasteiger partial charge in [-0.3, -0.25) is 4.79 Å². The standard InChI is InChI=1S/C38H75NO8/c1-3-5-7-9-11-13-14-15-16-17-18-20-22-24-26-28-34(42)39-31(32(41)27-25-23-21-19-12-10-8-6-4-2)30-46-38-37(45)36(44)35(43)33(29-40)47-38/h31-33,35-38,40-41,43-45H,3-30H2,1-2H3,(H,39,42)/t31-,32+,33+,35+,36?,37?,38+/m0/s1. The van der Waals surface area contributed by atoms with Crippen LogP contribution in [-0.4, -0.2) is 87.5 Å². The summed E-state index contributed by atoms with van der Waals surface area (Å²) < 4.78 is 11.2. The van der Waals surface area contributed by atoms with Gasteiger partial charge in [0.1, 0.15) is 24.4 Å². The number of carbonyl (C=O) groups excluding carboxylic acids is 1. The van der Waals surface area contributed by atoms with Gasteiger partial charge in [-0.05, 0) is 12.8 Å². The van der Waals surface area contributed by atoms with Crippen LogP contribution in [0.4, 0.5) is 0 Å². The normalized spacial score (nSPS) is 22.7. The number of carbonyl (C=O) groups is 1. The molecule has 47 heavy (non-hydrogen) atoms. The summed E-state index contributed by atoms with van der Waals surface area (Å²) in [6, 6.07) is -0.708. The number of rotatable bonds is 32. The second-order valence-corrected chi connectivity index (χ2v) is 14.1. The Morgan fingerprint density at radius 3 is 1.51 bits per heavy atom. The van der Waals surface area contributed by atoms with Gasteiger partial charge in [0.25, 0.3) is 0 Å². The lowest BCUT2D eigenvalue weighted by molar-refractivity contribution is -0.302. The molecule has 0 radical (unpaired) electrons. The molecular weight excluding hydrogens is 598 g/mol. The zero-order valence-electron chi connectivity index (χ0n) is 30.3. The number of aliphatic hydroxyl groups excluding tert-OH is 5. The Labute approximate surface area is 287 Å². The Morgan fingerprint density at radius 2 is 1.06 bits per heavy atom. The molecule has 9 heteroatoms. The molecule has 9 nitrogen and oxygen atoms in total. The molecule has 0 aromatic heterocycles. The summed E-state index contributed by atoms with van der Waals surface area (Å²) in [5.74, 6) is -0.145. The van der Waals surface area contributed by atoms with Crippen LogP contribution in [0, 0.1) is 0 Å². The number of unbranched alkanes of at least 4 members (excludes halogenated alkanes) is 22. The summed E-state index contributed by atoms with van der Waals surface area (Å²) >= 11 is 0. The number of nitrogens with one attached hydrogen (secondary N) is 1. The van der Waals surface area contributed by atoms with Crippen molar-refractivity contribution in [3.05, 3.63) is 0 Å². The fraction of sp³-hybridized carbons (Fsp3) is 0.974. The van der Waals surface area contributed by atoms with Gasteiger partial charge >= 0.3 is 0 Å². The molecule has 1 aliphatic heterocycles. The quantitative estimate of drug-likeness (QED) is 0.0426.